The molecule has 1 aromatic rings. The van der Waals surface area contributed by atoms with Gasteiger partial charge in [-0.3, -0.25) is 4.79 Å². The van der Waals surface area contributed by atoms with Crippen molar-refractivity contribution in [3.63, 3.8) is 0 Å². The van der Waals surface area contributed by atoms with Gasteiger partial charge in [-0.1, -0.05) is 18.0 Å². The van der Waals surface area contributed by atoms with E-state index in [0.717, 1.165) is 28.4 Å². The summed E-state index contributed by atoms with van der Waals surface area (Å²) in [5.74, 6) is 0.302. The molecule has 0 unspecified atom stereocenters. The van der Waals surface area contributed by atoms with Gasteiger partial charge in [-0.2, -0.15) is 0 Å². The molecule has 2 rings (SSSR count). The molecule has 21 heavy (non-hydrogen) atoms. The molecule has 0 radical (unpaired) electrons. The van der Waals surface area contributed by atoms with Crippen LogP contribution in [0.1, 0.15) is 31.7 Å². The molecule has 116 valence electrons. The highest BCUT2D eigenvalue weighted by Gasteiger charge is 2.47. The second kappa shape index (κ2) is 7.13. The van der Waals surface area contributed by atoms with E-state index in [1.165, 1.54) is 0 Å². The van der Waals surface area contributed by atoms with Crippen molar-refractivity contribution in [2.75, 3.05) is 19.9 Å². The predicted molar refractivity (Wildman–Crippen MR) is 87.8 cm³/mol. The Morgan fingerprint density at radius 1 is 1.48 bits per heavy atom. The van der Waals surface area contributed by atoms with Crippen molar-refractivity contribution in [1.29, 1.82) is 0 Å². The Hall–Kier alpha value is -0.560. The Labute approximate surface area is 142 Å². The van der Waals surface area contributed by atoms with Crippen LogP contribution in [-0.4, -0.2) is 25.9 Å². The minimum Gasteiger partial charge on any atom is -0.490 e. The molecule has 0 amide bonds. The lowest BCUT2D eigenvalue weighted by Crippen LogP contribution is -2.43. The van der Waals surface area contributed by atoms with E-state index < -0.39 is 12.1 Å². The summed E-state index contributed by atoms with van der Waals surface area (Å²) in [5, 5.41) is 0.512. The van der Waals surface area contributed by atoms with E-state index in [-0.39, 0.29) is 12.6 Å². The predicted octanol–water partition coefficient (Wildman–Crippen LogP) is 4.28. The van der Waals surface area contributed by atoms with Crippen LogP contribution in [0.3, 0.4) is 0 Å². The highest BCUT2D eigenvalue weighted by molar-refractivity contribution is 14.1. The number of hydrogen-bond acceptors (Lipinski definition) is 3. The van der Waals surface area contributed by atoms with E-state index in [1.54, 1.807) is 19.1 Å². The van der Waals surface area contributed by atoms with Crippen LogP contribution >= 0.6 is 34.2 Å². The van der Waals surface area contributed by atoms with Gasteiger partial charge in [-0.15, -0.1) is 0 Å². The standard InChI is InChI=1S/C15H17ClFIO3/c1-2-20-14(19)15(4-3-5-15)10-8-11(16)13(18)12(9-10)21-7-6-17/h8-9H,2-7H2,1H3. The average Bonchev–Trinajstić information content (AvgIpc) is 2.40. The van der Waals surface area contributed by atoms with Gasteiger partial charge in [-0.25, -0.2) is 4.39 Å². The van der Waals surface area contributed by atoms with E-state index in [9.17, 15) is 9.18 Å². The van der Waals surface area contributed by atoms with Crippen molar-refractivity contribution < 1.29 is 18.7 Å². The van der Waals surface area contributed by atoms with Crippen LogP contribution < -0.4 is 4.74 Å². The Kier molecular flexibility index (Phi) is 5.71. The smallest absolute Gasteiger partial charge is 0.316 e. The number of hydrogen-bond donors (Lipinski definition) is 0. The highest BCUT2D eigenvalue weighted by atomic mass is 127. The fraction of sp³-hybridized carbons (Fsp3) is 0.533. The Balaban J connectivity index is 2.38. The monoisotopic (exact) mass is 426 g/mol. The lowest BCUT2D eigenvalue weighted by Gasteiger charge is -2.40. The van der Waals surface area contributed by atoms with Gasteiger partial charge in [0, 0.05) is 0 Å². The SMILES string of the molecule is CCOC(=O)C1(c2cc(Cl)c(I)c(OCCF)c2)CCC1. The molecule has 1 aliphatic rings. The summed E-state index contributed by atoms with van der Waals surface area (Å²) in [6.45, 7) is 1.55. The first-order valence-corrected chi connectivity index (χ1v) is 8.36. The summed E-state index contributed by atoms with van der Waals surface area (Å²) < 4.78 is 23.6. The topological polar surface area (TPSA) is 35.5 Å². The van der Waals surface area contributed by atoms with Gasteiger partial charge < -0.3 is 9.47 Å². The molecular weight excluding hydrogens is 410 g/mol. The number of halogens is 3. The molecule has 1 fully saturated rings. The van der Waals surface area contributed by atoms with E-state index in [4.69, 9.17) is 21.1 Å². The van der Waals surface area contributed by atoms with Crippen LogP contribution in [0.2, 0.25) is 5.02 Å². The molecule has 0 saturated heterocycles. The molecular formula is C15H17ClFIO3. The number of rotatable bonds is 6. The number of carbonyl (C=O) groups excluding carboxylic acids is 1. The van der Waals surface area contributed by atoms with Crippen LogP contribution in [0.4, 0.5) is 4.39 Å². The average molecular weight is 427 g/mol. The Morgan fingerprint density at radius 3 is 2.71 bits per heavy atom. The first-order valence-electron chi connectivity index (χ1n) is 6.90. The van der Waals surface area contributed by atoms with Gasteiger partial charge in [-0.05, 0) is 60.1 Å². The maximum Gasteiger partial charge on any atom is 0.316 e. The molecule has 0 aromatic heterocycles. The maximum atomic E-state index is 12.3. The second-order valence-corrected chi connectivity index (χ2v) is 6.45. The minimum atomic E-state index is -0.627. The van der Waals surface area contributed by atoms with Crippen molar-refractivity contribution in [3.8, 4) is 5.75 Å². The fourth-order valence-corrected chi connectivity index (χ4v) is 3.18. The molecule has 0 heterocycles. The van der Waals surface area contributed by atoms with Gasteiger partial charge >= 0.3 is 5.97 Å². The molecule has 1 aliphatic carbocycles. The van der Waals surface area contributed by atoms with Crippen molar-refractivity contribution in [2.24, 2.45) is 0 Å². The highest BCUT2D eigenvalue weighted by Crippen LogP contribution is 2.47. The molecule has 1 aromatic carbocycles. The van der Waals surface area contributed by atoms with Crippen LogP contribution in [0.5, 0.6) is 5.75 Å². The summed E-state index contributed by atoms with van der Waals surface area (Å²) in [5.41, 5.74) is 0.170. The molecule has 1 saturated carbocycles. The van der Waals surface area contributed by atoms with E-state index >= 15 is 0 Å². The molecule has 3 nitrogen and oxygen atoms in total. The van der Waals surface area contributed by atoms with Crippen LogP contribution in [0, 0.1) is 3.57 Å². The third-order valence-corrected chi connectivity index (χ3v) is 5.49. The zero-order valence-electron chi connectivity index (χ0n) is 11.8. The van der Waals surface area contributed by atoms with E-state index in [1.807, 2.05) is 0 Å². The quantitative estimate of drug-likeness (QED) is 0.503. The van der Waals surface area contributed by atoms with Crippen LogP contribution in [-0.2, 0) is 14.9 Å². The minimum absolute atomic E-state index is 0.0256. The largest absolute Gasteiger partial charge is 0.490 e. The molecule has 0 bridgehead atoms. The molecule has 0 spiro atoms. The summed E-state index contributed by atoms with van der Waals surface area (Å²) in [4.78, 5) is 12.3. The van der Waals surface area contributed by atoms with Crippen molar-refractivity contribution in [2.45, 2.75) is 31.6 Å². The molecule has 0 atom stereocenters. The van der Waals surface area contributed by atoms with Crippen molar-refractivity contribution in [1.82, 2.24) is 0 Å². The molecule has 6 heteroatoms. The number of carbonyl (C=O) groups is 1. The number of alkyl halides is 1. The summed E-state index contributed by atoms with van der Waals surface area (Å²) in [6, 6.07) is 3.58. The summed E-state index contributed by atoms with van der Waals surface area (Å²) in [6.07, 6.45) is 2.46. The number of benzene rings is 1. The fourth-order valence-electron chi connectivity index (χ4n) is 2.50. The van der Waals surface area contributed by atoms with Gasteiger partial charge in [0.25, 0.3) is 0 Å². The second-order valence-electron chi connectivity index (χ2n) is 4.96. The normalized spacial score (nSPS) is 16.2. The Bertz CT molecular complexity index is 532. The maximum absolute atomic E-state index is 12.3. The number of esters is 1. The van der Waals surface area contributed by atoms with Gasteiger partial charge in [0.05, 0.1) is 20.6 Å². The third kappa shape index (κ3) is 3.28. The Morgan fingerprint density at radius 2 is 2.19 bits per heavy atom. The lowest BCUT2D eigenvalue weighted by molar-refractivity contribution is -0.153. The lowest BCUT2D eigenvalue weighted by atomic mass is 9.64. The number of ether oxygens (including phenoxy) is 2. The third-order valence-electron chi connectivity index (χ3n) is 3.76. The van der Waals surface area contributed by atoms with Crippen LogP contribution in [0.15, 0.2) is 12.1 Å². The zero-order chi connectivity index (χ0) is 15.5. The van der Waals surface area contributed by atoms with Gasteiger partial charge in [0.1, 0.15) is 19.0 Å². The van der Waals surface area contributed by atoms with Gasteiger partial charge in [0.15, 0.2) is 0 Å². The van der Waals surface area contributed by atoms with Crippen molar-refractivity contribution >= 4 is 40.2 Å². The van der Waals surface area contributed by atoms with Crippen LogP contribution in [0.25, 0.3) is 0 Å². The van der Waals surface area contributed by atoms with E-state index in [0.29, 0.717) is 17.4 Å². The zero-order valence-corrected chi connectivity index (χ0v) is 14.7. The summed E-state index contributed by atoms with van der Waals surface area (Å²) >= 11 is 8.29. The first-order chi connectivity index (χ1) is 10.0. The van der Waals surface area contributed by atoms with Gasteiger partial charge in [0.2, 0.25) is 0 Å². The molecule has 0 N–H and O–H groups in total. The summed E-state index contributed by atoms with van der Waals surface area (Å²) in [7, 11) is 0. The molecule has 0 aliphatic heterocycles. The van der Waals surface area contributed by atoms with E-state index in [2.05, 4.69) is 22.6 Å². The first kappa shape index (κ1) is 16.8. The van der Waals surface area contributed by atoms with Crippen molar-refractivity contribution in [3.05, 3.63) is 26.3 Å².